The molecule has 0 aliphatic carbocycles. The predicted octanol–water partition coefficient (Wildman–Crippen LogP) is 0.387. The highest BCUT2D eigenvalue weighted by Crippen LogP contribution is 1.80. The van der Waals surface area contributed by atoms with Gasteiger partial charge in [-0.2, -0.15) is 0 Å². The minimum absolute atomic E-state index is 0. The average molecular weight is 338 g/mol. The van der Waals surface area contributed by atoms with Crippen molar-refractivity contribution in [2.24, 2.45) is 10.7 Å². The number of nitrogens with zero attached hydrogens (tertiary/aromatic N) is 1. The third kappa shape index (κ3) is 11.0. The Bertz CT molecular complexity index is 276. The normalized spacial score (nSPS) is 9.94. The van der Waals surface area contributed by atoms with Crippen LogP contribution in [-0.2, 0) is 4.79 Å². The van der Waals surface area contributed by atoms with Crippen molar-refractivity contribution in [1.82, 2.24) is 10.6 Å². The fourth-order valence-corrected chi connectivity index (χ4v) is 0.696. The van der Waals surface area contributed by atoms with Crippen molar-refractivity contribution in [3.8, 4) is 0 Å². The molecule has 6 heteroatoms. The zero-order chi connectivity index (χ0) is 11.7. The van der Waals surface area contributed by atoms with E-state index in [4.69, 9.17) is 5.73 Å². The predicted molar refractivity (Wildman–Crippen MR) is 77.9 cm³/mol. The van der Waals surface area contributed by atoms with E-state index in [1.165, 1.54) is 0 Å². The van der Waals surface area contributed by atoms with Crippen LogP contribution in [0.3, 0.4) is 0 Å². The minimum atomic E-state index is -0.185. The van der Waals surface area contributed by atoms with E-state index in [0.717, 1.165) is 5.57 Å². The largest absolute Gasteiger partial charge is 0.370 e. The van der Waals surface area contributed by atoms with Gasteiger partial charge in [-0.25, -0.2) is 4.99 Å². The molecule has 0 bridgehead atoms. The lowest BCUT2D eigenvalue weighted by Crippen LogP contribution is -2.34. The van der Waals surface area contributed by atoms with E-state index < -0.39 is 0 Å². The molecular weight excluding hydrogens is 319 g/mol. The molecule has 0 spiro atoms. The first-order chi connectivity index (χ1) is 7.06. The Morgan fingerprint density at radius 1 is 1.50 bits per heavy atom. The van der Waals surface area contributed by atoms with Gasteiger partial charge in [0.15, 0.2) is 5.96 Å². The van der Waals surface area contributed by atoms with Crippen LogP contribution < -0.4 is 16.4 Å². The first kappa shape index (κ1) is 17.3. The highest BCUT2D eigenvalue weighted by Gasteiger charge is 1.97. The molecule has 4 N–H and O–H groups in total. The van der Waals surface area contributed by atoms with Gasteiger partial charge in [-0.3, -0.25) is 4.79 Å². The highest BCUT2D eigenvalue weighted by molar-refractivity contribution is 14.0. The fraction of sp³-hybridized carbons (Fsp3) is 0.400. The molecule has 1 amide bonds. The second-order valence-electron chi connectivity index (χ2n) is 3.10. The van der Waals surface area contributed by atoms with Crippen molar-refractivity contribution < 1.29 is 4.79 Å². The van der Waals surface area contributed by atoms with Gasteiger partial charge >= 0.3 is 0 Å². The van der Waals surface area contributed by atoms with Crippen molar-refractivity contribution in [1.29, 1.82) is 0 Å². The number of guanidine groups is 1. The zero-order valence-electron chi connectivity index (χ0n) is 9.45. The van der Waals surface area contributed by atoms with Crippen molar-refractivity contribution in [3.05, 3.63) is 24.8 Å². The Hall–Kier alpha value is -1.05. The molecule has 16 heavy (non-hydrogen) atoms. The molecule has 0 aliphatic heterocycles. The van der Waals surface area contributed by atoms with Crippen molar-refractivity contribution >= 4 is 35.8 Å². The van der Waals surface area contributed by atoms with E-state index in [1.807, 2.05) is 6.92 Å². The molecule has 0 aliphatic rings. The summed E-state index contributed by atoms with van der Waals surface area (Å²) in [6, 6.07) is 0. The molecule has 0 radical (unpaired) electrons. The molecule has 92 valence electrons. The van der Waals surface area contributed by atoms with Crippen LogP contribution in [0.4, 0.5) is 0 Å². The summed E-state index contributed by atoms with van der Waals surface area (Å²) in [5.41, 5.74) is 6.44. The van der Waals surface area contributed by atoms with Gasteiger partial charge in [0.1, 0.15) is 6.54 Å². The lowest BCUT2D eigenvalue weighted by atomic mass is 10.3. The quantitative estimate of drug-likeness (QED) is 0.284. The van der Waals surface area contributed by atoms with E-state index in [2.05, 4.69) is 28.8 Å². The maximum Gasteiger partial charge on any atom is 0.242 e. The van der Waals surface area contributed by atoms with E-state index in [-0.39, 0.29) is 42.4 Å². The summed E-state index contributed by atoms with van der Waals surface area (Å²) in [5.74, 6) is 0.0572. The Balaban J connectivity index is 0. The summed E-state index contributed by atoms with van der Waals surface area (Å²) in [4.78, 5) is 14.9. The van der Waals surface area contributed by atoms with Gasteiger partial charge in [0.2, 0.25) is 5.91 Å². The Kier molecular flexibility index (Phi) is 11.3. The molecule has 0 aromatic rings. The minimum Gasteiger partial charge on any atom is -0.370 e. The van der Waals surface area contributed by atoms with E-state index in [1.54, 1.807) is 6.08 Å². The molecule has 0 aromatic heterocycles. The molecular formula is C10H19IN4O. The molecule has 0 unspecified atom stereocenters. The summed E-state index contributed by atoms with van der Waals surface area (Å²) in [7, 11) is 0. The van der Waals surface area contributed by atoms with E-state index in [0.29, 0.717) is 13.1 Å². The number of aliphatic imine (C=N–C) groups is 1. The second-order valence-corrected chi connectivity index (χ2v) is 3.10. The van der Waals surface area contributed by atoms with Gasteiger partial charge in [-0.1, -0.05) is 18.2 Å². The van der Waals surface area contributed by atoms with Gasteiger partial charge in [-0.05, 0) is 6.92 Å². The number of hydrogen-bond acceptors (Lipinski definition) is 2. The smallest absolute Gasteiger partial charge is 0.242 e. The Labute approximate surface area is 113 Å². The third-order valence-electron chi connectivity index (χ3n) is 1.41. The number of carbonyl (C=O) groups is 1. The molecule has 0 saturated carbocycles. The van der Waals surface area contributed by atoms with Crippen LogP contribution in [0.5, 0.6) is 0 Å². The molecule has 0 atom stereocenters. The van der Waals surface area contributed by atoms with Crippen molar-refractivity contribution in [2.75, 3.05) is 19.6 Å². The number of rotatable bonds is 6. The van der Waals surface area contributed by atoms with Crippen LogP contribution in [-0.4, -0.2) is 31.5 Å². The Morgan fingerprint density at radius 2 is 2.12 bits per heavy atom. The average Bonchev–Trinajstić information content (AvgIpc) is 2.20. The first-order valence-electron chi connectivity index (χ1n) is 4.62. The van der Waals surface area contributed by atoms with Crippen LogP contribution in [0.2, 0.25) is 0 Å². The number of hydrogen-bond donors (Lipinski definition) is 3. The van der Waals surface area contributed by atoms with E-state index in [9.17, 15) is 4.79 Å². The van der Waals surface area contributed by atoms with Gasteiger partial charge in [0, 0.05) is 13.1 Å². The summed E-state index contributed by atoms with van der Waals surface area (Å²) >= 11 is 0. The summed E-state index contributed by atoms with van der Waals surface area (Å²) in [6.07, 6.45) is 1.60. The van der Waals surface area contributed by atoms with Crippen LogP contribution in [0, 0.1) is 0 Å². The third-order valence-corrected chi connectivity index (χ3v) is 1.41. The van der Waals surface area contributed by atoms with E-state index >= 15 is 0 Å². The highest BCUT2D eigenvalue weighted by atomic mass is 127. The maximum absolute atomic E-state index is 11.1. The lowest BCUT2D eigenvalue weighted by molar-refractivity contribution is -0.119. The van der Waals surface area contributed by atoms with Gasteiger partial charge in [-0.15, -0.1) is 30.6 Å². The fourth-order valence-electron chi connectivity index (χ4n) is 0.696. The number of carbonyl (C=O) groups excluding carboxylic acids is 1. The van der Waals surface area contributed by atoms with Gasteiger partial charge in [0.25, 0.3) is 0 Å². The number of amides is 1. The summed E-state index contributed by atoms with van der Waals surface area (Å²) < 4.78 is 0. The van der Waals surface area contributed by atoms with Gasteiger partial charge < -0.3 is 16.4 Å². The maximum atomic E-state index is 11.1. The molecule has 0 heterocycles. The summed E-state index contributed by atoms with van der Waals surface area (Å²) in [6.45, 7) is 10.1. The number of nitrogens with two attached hydrogens (primary N) is 1. The zero-order valence-corrected chi connectivity index (χ0v) is 11.8. The van der Waals surface area contributed by atoms with Crippen LogP contribution >= 0.6 is 24.0 Å². The monoisotopic (exact) mass is 338 g/mol. The standard InChI is InChI=1S/C10H18N4O.HI/c1-4-5-12-9(15)7-14-10(11)13-6-8(2)3;/h4H,1-2,5-7H2,3H3,(H,12,15)(H3,11,13,14);1H. The SMILES string of the molecule is C=CCNC(=O)CN=C(N)NCC(=C)C.I. The molecule has 5 nitrogen and oxygen atoms in total. The number of halogens is 1. The lowest BCUT2D eigenvalue weighted by Gasteiger charge is -2.04. The number of nitrogens with one attached hydrogen (secondary N) is 2. The van der Waals surface area contributed by atoms with Crippen LogP contribution in [0.1, 0.15) is 6.92 Å². The van der Waals surface area contributed by atoms with Crippen molar-refractivity contribution in [2.45, 2.75) is 6.92 Å². The first-order valence-corrected chi connectivity index (χ1v) is 4.62. The second kappa shape index (κ2) is 10.5. The van der Waals surface area contributed by atoms with Crippen LogP contribution in [0.15, 0.2) is 29.8 Å². The molecule has 0 rings (SSSR count). The topological polar surface area (TPSA) is 79.5 Å². The van der Waals surface area contributed by atoms with Crippen LogP contribution in [0.25, 0.3) is 0 Å². The summed E-state index contributed by atoms with van der Waals surface area (Å²) in [5, 5.41) is 5.41. The van der Waals surface area contributed by atoms with Crippen molar-refractivity contribution in [3.63, 3.8) is 0 Å². The molecule has 0 aromatic carbocycles. The molecule has 0 saturated heterocycles. The Morgan fingerprint density at radius 3 is 2.62 bits per heavy atom. The van der Waals surface area contributed by atoms with Gasteiger partial charge in [0.05, 0.1) is 0 Å². The molecule has 0 fully saturated rings.